The topological polar surface area (TPSA) is 68.0 Å². The molecule has 1 heterocycles. The Bertz CT molecular complexity index is 625. The van der Waals surface area contributed by atoms with Gasteiger partial charge in [0.05, 0.1) is 5.75 Å². The molecular weight excluding hydrogens is 321 g/mol. The second-order valence-corrected chi connectivity index (χ2v) is 5.71. The zero-order valence-electron chi connectivity index (χ0n) is 10.5. The summed E-state index contributed by atoms with van der Waals surface area (Å²) in [4.78, 5) is 10.6. The van der Waals surface area contributed by atoms with Gasteiger partial charge in [0, 0.05) is 22.2 Å². The molecule has 2 rings (SSSR count). The van der Waals surface area contributed by atoms with Gasteiger partial charge in [-0.05, 0) is 25.1 Å². The molecule has 1 N–H and O–H groups in total. The van der Waals surface area contributed by atoms with Gasteiger partial charge in [0.15, 0.2) is 11.0 Å². The van der Waals surface area contributed by atoms with E-state index in [0.717, 1.165) is 17.3 Å². The van der Waals surface area contributed by atoms with Crippen LogP contribution in [0.2, 0.25) is 10.0 Å². The van der Waals surface area contributed by atoms with Crippen molar-refractivity contribution < 1.29 is 9.90 Å². The molecule has 20 heavy (non-hydrogen) atoms. The molecule has 8 heteroatoms. The van der Waals surface area contributed by atoms with Crippen molar-refractivity contribution in [2.45, 2.75) is 18.6 Å². The van der Waals surface area contributed by atoms with E-state index >= 15 is 0 Å². The van der Waals surface area contributed by atoms with Crippen LogP contribution < -0.4 is 0 Å². The van der Waals surface area contributed by atoms with Crippen molar-refractivity contribution in [1.82, 2.24) is 14.8 Å². The molecule has 0 amide bonds. The lowest BCUT2D eigenvalue weighted by atomic mass is 10.2. The Morgan fingerprint density at radius 3 is 2.50 bits per heavy atom. The van der Waals surface area contributed by atoms with Crippen LogP contribution >= 0.6 is 35.0 Å². The predicted octanol–water partition coefficient (Wildman–Crippen LogP) is 3.45. The number of aromatic nitrogens is 3. The van der Waals surface area contributed by atoms with Crippen molar-refractivity contribution in [2.24, 2.45) is 0 Å². The number of hydrogen-bond donors (Lipinski definition) is 1. The standard InChI is InChI=1S/C12H11Cl2N3O2S/c1-2-17-11(7-3-8(13)5-9(14)4-7)15-16-12(17)20-6-10(18)19/h3-5H,2,6H2,1H3,(H,18,19). The second kappa shape index (κ2) is 6.47. The molecule has 0 saturated carbocycles. The lowest BCUT2D eigenvalue weighted by Gasteiger charge is -2.07. The van der Waals surface area contributed by atoms with E-state index in [-0.39, 0.29) is 5.75 Å². The maximum atomic E-state index is 10.6. The van der Waals surface area contributed by atoms with E-state index in [9.17, 15) is 4.79 Å². The normalized spacial score (nSPS) is 10.8. The minimum absolute atomic E-state index is 0.0611. The maximum absolute atomic E-state index is 10.6. The van der Waals surface area contributed by atoms with Gasteiger partial charge in [-0.15, -0.1) is 10.2 Å². The summed E-state index contributed by atoms with van der Waals surface area (Å²) in [6.07, 6.45) is 0. The van der Waals surface area contributed by atoms with Crippen molar-refractivity contribution in [3.63, 3.8) is 0 Å². The van der Waals surface area contributed by atoms with Crippen LogP contribution in [0.1, 0.15) is 6.92 Å². The summed E-state index contributed by atoms with van der Waals surface area (Å²) in [5.74, 6) is -0.341. The lowest BCUT2D eigenvalue weighted by molar-refractivity contribution is -0.133. The van der Waals surface area contributed by atoms with Crippen LogP contribution in [-0.2, 0) is 11.3 Å². The molecule has 0 aliphatic carbocycles. The third-order valence-electron chi connectivity index (χ3n) is 2.48. The van der Waals surface area contributed by atoms with Crippen LogP contribution in [0, 0.1) is 0 Å². The maximum Gasteiger partial charge on any atom is 0.313 e. The third kappa shape index (κ3) is 3.45. The predicted molar refractivity (Wildman–Crippen MR) is 79.5 cm³/mol. The number of hydrogen-bond acceptors (Lipinski definition) is 4. The smallest absolute Gasteiger partial charge is 0.313 e. The molecule has 1 aromatic heterocycles. The number of halogens is 2. The van der Waals surface area contributed by atoms with Crippen LogP contribution in [0.15, 0.2) is 23.4 Å². The molecule has 0 unspecified atom stereocenters. The average molecular weight is 332 g/mol. The van der Waals surface area contributed by atoms with Crippen LogP contribution in [0.25, 0.3) is 11.4 Å². The van der Waals surface area contributed by atoms with Gasteiger partial charge in [-0.25, -0.2) is 0 Å². The molecule has 0 fully saturated rings. The summed E-state index contributed by atoms with van der Waals surface area (Å²) in [6.45, 7) is 2.55. The zero-order chi connectivity index (χ0) is 14.7. The summed E-state index contributed by atoms with van der Waals surface area (Å²) in [7, 11) is 0. The zero-order valence-corrected chi connectivity index (χ0v) is 12.8. The fourth-order valence-corrected chi connectivity index (χ4v) is 2.95. The van der Waals surface area contributed by atoms with Crippen molar-refractivity contribution in [1.29, 1.82) is 0 Å². The summed E-state index contributed by atoms with van der Waals surface area (Å²) < 4.78 is 1.83. The van der Waals surface area contributed by atoms with Crippen molar-refractivity contribution in [3.8, 4) is 11.4 Å². The quantitative estimate of drug-likeness (QED) is 0.850. The molecule has 2 aromatic rings. The van der Waals surface area contributed by atoms with Gasteiger partial charge in [-0.3, -0.25) is 4.79 Å². The highest BCUT2D eigenvalue weighted by molar-refractivity contribution is 7.99. The number of rotatable bonds is 5. The van der Waals surface area contributed by atoms with E-state index in [0.29, 0.717) is 27.6 Å². The Balaban J connectivity index is 2.39. The average Bonchev–Trinajstić information content (AvgIpc) is 2.77. The number of carbonyl (C=O) groups is 1. The molecule has 1 aromatic carbocycles. The summed E-state index contributed by atoms with van der Waals surface area (Å²) >= 11 is 13.1. The number of benzene rings is 1. The minimum Gasteiger partial charge on any atom is -0.481 e. The van der Waals surface area contributed by atoms with E-state index in [1.807, 2.05) is 11.5 Å². The van der Waals surface area contributed by atoms with E-state index in [2.05, 4.69) is 10.2 Å². The Kier molecular flexibility index (Phi) is 4.91. The van der Waals surface area contributed by atoms with Crippen LogP contribution in [0.5, 0.6) is 0 Å². The summed E-state index contributed by atoms with van der Waals surface area (Å²) in [6, 6.07) is 5.13. The van der Waals surface area contributed by atoms with Gasteiger partial charge in [-0.1, -0.05) is 35.0 Å². The van der Waals surface area contributed by atoms with Gasteiger partial charge in [-0.2, -0.15) is 0 Å². The van der Waals surface area contributed by atoms with Gasteiger partial charge in [0.2, 0.25) is 0 Å². The van der Waals surface area contributed by atoms with Crippen LogP contribution in [0.4, 0.5) is 0 Å². The Hall–Kier alpha value is -1.24. The van der Waals surface area contributed by atoms with Gasteiger partial charge < -0.3 is 9.67 Å². The molecule has 0 aliphatic heterocycles. The first-order valence-corrected chi connectivity index (χ1v) is 7.49. The first kappa shape index (κ1) is 15.2. The fourth-order valence-electron chi connectivity index (χ4n) is 1.70. The number of carboxylic acids is 1. The molecule has 0 atom stereocenters. The molecule has 0 spiro atoms. The lowest BCUT2D eigenvalue weighted by Crippen LogP contribution is -2.03. The van der Waals surface area contributed by atoms with E-state index in [1.54, 1.807) is 18.2 Å². The van der Waals surface area contributed by atoms with Crippen LogP contribution in [0.3, 0.4) is 0 Å². The first-order valence-electron chi connectivity index (χ1n) is 5.75. The highest BCUT2D eigenvalue weighted by Gasteiger charge is 2.15. The summed E-state index contributed by atoms with van der Waals surface area (Å²) in [5.41, 5.74) is 0.749. The van der Waals surface area contributed by atoms with Gasteiger partial charge in [0.1, 0.15) is 0 Å². The minimum atomic E-state index is -0.895. The molecule has 0 saturated heterocycles. The summed E-state index contributed by atoms with van der Waals surface area (Å²) in [5, 5.41) is 18.4. The molecule has 5 nitrogen and oxygen atoms in total. The molecule has 0 aliphatic rings. The largest absolute Gasteiger partial charge is 0.481 e. The van der Waals surface area contributed by atoms with Crippen molar-refractivity contribution in [2.75, 3.05) is 5.75 Å². The van der Waals surface area contributed by atoms with Crippen molar-refractivity contribution >= 4 is 40.9 Å². The molecule has 0 radical (unpaired) electrons. The number of thioether (sulfide) groups is 1. The first-order chi connectivity index (χ1) is 9.51. The fraction of sp³-hybridized carbons (Fsp3) is 0.250. The van der Waals surface area contributed by atoms with Crippen molar-refractivity contribution in [3.05, 3.63) is 28.2 Å². The van der Waals surface area contributed by atoms with E-state index in [4.69, 9.17) is 28.3 Å². The third-order valence-corrected chi connectivity index (χ3v) is 3.87. The Labute approximate surface area is 129 Å². The second-order valence-electron chi connectivity index (χ2n) is 3.89. The van der Waals surface area contributed by atoms with E-state index in [1.165, 1.54) is 0 Å². The monoisotopic (exact) mass is 331 g/mol. The molecular formula is C12H11Cl2N3O2S. The highest BCUT2D eigenvalue weighted by Crippen LogP contribution is 2.28. The van der Waals surface area contributed by atoms with E-state index < -0.39 is 5.97 Å². The molecule has 0 bridgehead atoms. The Morgan fingerprint density at radius 1 is 1.30 bits per heavy atom. The number of carboxylic acid groups (broad SMARTS) is 1. The van der Waals surface area contributed by atoms with Gasteiger partial charge >= 0.3 is 5.97 Å². The molecule has 106 valence electrons. The number of nitrogens with zero attached hydrogens (tertiary/aromatic N) is 3. The SMILES string of the molecule is CCn1c(SCC(=O)O)nnc1-c1cc(Cl)cc(Cl)c1. The van der Waals surface area contributed by atoms with Crippen LogP contribution in [-0.4, -0.2) is 31.6 Å². The highest BCUT2D eigenvalue weighted by atomic mass is 35.5. The van der Waals surface area contributed by atoms with Gasteiger partial charge in [0.25, 0.3) is 0 Å². The Morgan fingerprint density at radius 2 is 1.95 bits per heavy atom. The number of aliphatic carboxylic acids is 1.